The monoisotopic (exact) mass is 323 g/mol. The highest BCUT2D eigenvalue weighted by atomic mass is 35.5. The first-order valence-corrected chi connectivity index (χ1v) is 8.30. The van der Waals surface area contributed by atoms with Gasteiger partial charge in [-0.05, 0) is 35.4 Å². The minimum atomic E-state index is -0.296. The van der Waals surface area contributed by atoms with Crippen LogP contribution in [0, 0.1) is 5.82 Å². The van der Waals surface area contributed by atoms with Gasteiger partial charge in [0.25, 0.3) is 0 Å². The van der Waals surface area contributed by atoms with Crippen molar-refractivity contribution in [1.29, 1.82) is 0 Å². The number of hydrogen-bond donors (Lipinski definition) is 1. The quantitative estimate of drug-likeness (QED) is 0.727. The topological polar surface area (TPSA) is 12.0 Å². The van der Waals surface area contributed by atoms with Crippen LogP contribution in [0.2, 0.25) is 5.02 Å². The van der Waals surface area contributed by atoms with Gasteiger partial charge in [-0.2, -0.15) is 0 Å². The Balaban J connectivity index is 1.91. The molecule has 0 heterocycles. The molecule has 2 aromatic carbocycles. The normalized spacial score (nSPS) is 11.1. The maximum absolute atomic E-state index is 13.0. The van der Waals surface area contributed by atoms with E-state index in [2.05, 4.69) is 43.4 Å². The highest BCUT2D eigenvalue weighted by Crippen LogP contribution is 2.27. The van der Waals surface area contributed by atoms with Crippen LogP contribution < -0.4 is 5.32 Å². The fraction of sp³-hybridized carbons (Fsp3) is 0.294. The van der Waals surface area contributed by atoms with E-state index in [0.717, 1.165) is 17.9 Å². The molecule has 0 saturated heterocycles. The SMILES string of the molecule is CC(C)NCc1ccc(SCc2ccc(F)cc2Cl)cc1. The van der Waals surface area contributed by atoms with Gasteiger partial charge in [-0.25, -0.2) is 4.39 Å². The van der Waals surface area contributed by atoms with Crippen molar-refractivity contribution in [2.45, 2.75) is 37.1 Å². The predicted octanol–water partition coefficient (Wildman–Crippen LogP) is 5.27. The van der Waals surface area contributed by atoms with Crippen LogP contribution in [0.4, 0.5) is 4.39 Å². The average Bonchev–Trinajstić information content (AvgIpc) is 2.45. The summed E-state index contributed by atoms with van der Waals surface area (Å²) in [5, 5.41) is 3.88. The lowest BCUT2D eigenvalue weighted by molar-refractivity contribution is 0.588. The highest BCUT2D eigenvalue weighted by molar-refractivity contribution is 7.98. The molecule has 0 aliphatic rings. The van der Waals surface area contributed by atoms with Crippen LogP contribution in [0.3, 0.4) is 0 Å². The zero-order valence-corrected chi connectivity index (χ0v) is 13.8. The average molecular weight is 324 g/mol. The van der Waals surface area contributed by atoms with Gasteiger partial charge in [0.1, 0.15) is 5.82 Å². The molecule has 1 N–H and O–H groups in total. The van der Waals surface area contributed by atoms with Crippen LogP contribution in [0.15, 0.2) is 47.4 Å². The minimum Gasteiger partial charge on any atom is -0.310 e. The molecule has 4 heteroatoms. The van der Waals surface area contributed by atoms with E-state index in [1.165, 1.54) is 22.6 Å². The van der Waals surface area contributed by atoms with Crippen LogP contribution in [-0.4, -0.2) is 6.04 Å². The molecule has 0 saturated carbocycles. The van der Waals surface area contributed by atoms with E-state index in [0.29, 0.717) is 11.1 Å². The number of rotatable bonds is 6. The van der Waals surface area contributed by atoms with Gasteiger partial charge in [-0.15, -0.1) is 11.8 Å². The number of halogens is 2. The third-order valence-corrected chi connectivity index (χ3v) is 4.46. The van der Waals surface area contributed by atoms with Crippen LogP contribution in [0.5, 0.6) is 0 Å². The van der Waals surface area contributed by atoms with E-state index in [9.17, 15) is 4.39 Å². The molecule has 0 spiro atoms. The Morgan fingerprint density at radius 2 is 1.86 bits per heavy atom. The second-order valence-electron chi connectivity index (χ2n) is 5.20. The van der Waals surface area contributed by atoms with Gasteiger partial charge in [0.2, 0.25) is 0 Å². The van der Waals surface area contributed by atoms with Crippen molar-refractivity contribution in [3.8, 4) is 0 Å². The van der Waals surface area contributed by atoms with Crippen molar-refractivity contribution in [3.63, 3.8) is 0 Å². The Morgan fingerprint density at radius 3 is 2.48 bits per heavy atom. The molecule has 0 atom stereocenters. The van der Waals surface area contributed by atoms with Gasteiger partial charge in [0.05, 0.1) is 0 Å². The fourth-order valence-electron chi connectivity index (χ4n) is 1.83. The number of hydrogen-bond acceptors (Lipinski definition) is 2. The summed E-state index contributed by atoms with van der Waals surface area (Å²) in [5.41, 5.74) is 2.22. The largest absolute Gasteiger partial charge is 0.310 e. The van der Waals surface area contributed by atoms with Crippen LogP contribution in [0.1, 0.15) is 25.0 Å². The van der Waals surface area contributed by atoms with E-state index >= 15 is 0 Å². The molecule has 21 heavy (non-hydrogen) atoms. The Hall–Kier alpha value is -1.03. The van der Waals surface area contributed by atoms with Crippen molar-refractivity contribution in [1.82, 2.24) is 5.32 Å². The molecule has 0 aliphatic carbocycles. The fourth-order valence-corrected chi connectivity index (χ4v) is 3.04. The lowest BCUT2D eigenvalue weighted by Gasteiger charge is -2.09. The lowest BCUT2D eigenvalue weighted by atomic mass is 10.2. The highest BCUT2D eigenvalue weighted by Gasteiger charge is 2.03. The van der Waals surface area contributed by atoms with Crippen molar-refractivity contribution in [2.24, 2.45) is 0 Å². The van der Waals surface area contributed by atoms with Gasteiger partial charge >= 0.3 is 0 Å². The predicted molar refractivity (Wildman–Crippen MR) is 89.4 cm³/mol. The van der Waals surface area contributed by atoms with Crippen molar-refractivity contribution >= 4 is 23.4 Å². The minimum absolute atomic E-state index is 0.296. The van der Waals surface area contributed by atoms with Crippen LogP contribution in [0.25, 0.3) is 0 Å². The number of benzene rings is 2. The molecule has 0 radical (unpaired) electrons. The maximum atomic E-state index is 13.0. The van der Waals surface area contributed by atoms with Gasteiger partial charge in [-0.1, -0.05) is 43.6 Å². The molecule has 0 amide bonds. The number of thioether (sulfide) groups is 1. The summed E-state index contributed by atoms with van der Waals surface area (Å²) in [7, 11) is 0. The maximum Gasteiger partial charge on any atom is 0.124 e. The Labute approximate surface area is 134 Å². The molecular formula is C17H19ClFNS. The first-order valence-electron chi connectivity index (χ1n) is 6.93. The van der Waals surface area contributed by atoms with E-state index in [1.807, 2.05) is 0 Å². The summed E-state index contributed by atoms with van der Waals surface area (Å²) in [5.74, 6) is 0.443. The Morgan fingerprint density at radius 1 is 1.14 bits per heavy atom. The van der Waals surface area contributed by atoms with Crippen molar-refractivity contribution in [2.75, 3.05) is 0 Å². The summed E-state index contributed by atoms with van der Waals surface area (Å²) >= 11 is 7.73. The second-order valence-corrected chi connectivity index (χ2v) is 6.66. The molecule has 1 nitrogen and oxygen atoms in total. The van der Waals surface area contributed by atoms with E-state index < -0.39 is 0 Å². The first-order chi connectivity index (χ1) is 10.0. The summed E-state index contributed by atoms with van der Waals surface area (Å²) < 4.78 is 13.0. The Bertz CT molecular complexity index is 584. The summed E-state index contributed by atoms with van der Waals surface area (Å²) in [4.78, 5) is 1.18. The van der Waals surface area contributed by atoms with Crippen LogP contribution >= 0.6 is 23.4 Å². The van der Waals surface area contributed by atoms with Crippen molar-refractivity contribution < 1.29 is 4.39 Å². The standard InChI is InChI=1S/C17H19ClFNS/c1-12(2)20-10-13-3-7-16(8-4-13)21-11-14-5-6-15(19)9-17(14)18/h3-9,12,20H,10-11H2,1-2H3. The summed E-state index contributed by atoms with van der Waals surface area (Å²) in [6.45, 7) is 5.15. The molecule has 2 rings (SSSR count). The number of nitrogens with one attached hydrogen (secondary N) is 1. The van der Waals surface area contributed by atoms with Gasteiger partial charge < -0.3 is 5.32 Å². The second kappa shape index (κ2) is 7.83. The molecular weight excluding hydrogens is 305 g/mol. The van der Waals surface area contributed by atoms with Crippen molar-refractivity contribution in [3.05, 3.63) is 64.4 Å². The summed E-state index contributed by atoms with van der Waals surface area (Å²) in [6.07, 6.45) is 0. The Kier molecular flexibility index (Phi) is 6.09. The zero-order valence-electron chi connectivity index (χ0n) is 12.2. The molecule has 0 bridgehead atoms. The van der Waals surface area contributed by atoms with Gasteiger partial charge in [0, 0.05) is 28.3 Å². The molecule has 0 unspecified atom stereocenters. The molecule has 0 aromatic heterocycles. The third kappa shape index (κ3) is 5.34. The smallest absolute Gasteiger partial charge is 0.124 e. The third-order valence-electron chi connectivity index (χ3n) is 3.05. The first kappa shape index (κ1) is 16.3. The van der Waals surface area contributed by atoms with E-state index in [-0.39, 0.29) is 5.82 Å². The van der Waals surface area contributed by atoms with Crippen LogP contribution in [-0.2, 0) is 12.3 Å². The van der Waals surface area contributed by atoms with E-state index in [4.69, 9.17) is 11.6 Å². The van der Waals surface area contributed by atoms with Gasteiger partial charge in [-0.3, -0.25) is 0 Å². The zero-order chi connectivity index (χ0) is 15.2. The summed E-state index contributed by atoms with van der Waals surface area (Å²) in [6, 6.07) is 13.5. The lowest BCUT2D eigenvalue weighted by Crippen LogP contribution is -2.21. The molecule has 0 aliphatic heterocycles. The molecule has 112 valence electrons. The molecule has 2 aromatic rings. The molecule has 0 fully saturated rings. The van der Waals surface area contributed by atoms with Gasteiger partial charge in [0.15, 0.2) is 0 Å². The van der Waals surface area contributed by atoms with E-state index in [1.54, 1.807) is 17.8 Å².